The first-order chi connectivity index (χ1) is 11.0. The topological polar surface area (TPSA) is 96.5 Å². The van der Waals surface area contributed by atoms with Crippen LogP contribution in [0.3, 0.4) is 0 Å². The number of benzene rings is 1. The molecule has 0 aliphatic carbocycles. The summed E-state index contributed by atoms with van der Waals surface area (Å²) in [6.07, 6.45) is 1.40. The van der Waals surface area contributed by atoms with Gasteiger partial charge in [0.15, 0.2) is 0 Å². The lowest BCUT2D eigenvalue weighted by atomic mass is 10.1. The van der Waals surface area contributed by atoms with Crippen molar-refractivity contribution < 1.29 is 19.1 Å². The zero-order valence-electron chi connectivity index (χ0n) is 13.5. The fourth-order valence-electron chi connectivity index (χ4n) is 1.85. The largest absolute Gasteiger partial charge is 0.468 e. The molecule has 0 aliphatic rings. The summed E-state index contributed by atoms with van der Waals surface area (Å²) in [5.41, 5.74) is 1.48. The molecule has 126 valence electrons. The molecule has 7 heteroatoms. The Labute approximate surface area is 135 Å². The van der Waals surface area contributed by atoms with E-state index in [0.717, 1.165) is 18.5 Å². The molecule has 23 heavy (non-hydrogen) atoms. The van der Waals surface area contributed by atoms with Gasteiger partial charge in [0.2, 0.25) is 11.8 Å². The van der Waals surface area contributed by atoms with Gasteiger partial charge >= 0.3 is 5.97 Å². The van der Waals surface area contributed by atoms with Crippen molar-refractivity contribution in [1.82, 2.24) is 10.6 Å². The Morgan fingerprint density at radius 2 is 1.78 bits per heavy atom. The number of amides is 2. The molecule has 1 aromatic rings. The van der Waals surface area contributed by atoms with Gasteiger partial charge in [-0.25, -0.2) is 0 Å². The second-order valence-corrected chi connectivity index (χ2v) is 4.98. The van der Waals surface area contributed by atoms with E-state index >= 15 is 0 Å². The molecule has 0 radical (unpaired) electrons. The lowest BCUT2D eigenvalue weighted by molar-refractivity contribution is -0.141. The maximum absolute atomic E-state index is 11.7. The van der Waals surface area contributed by atoms with Gasteiger partial charge in [-0.15, -0.1) is 0 Å². The first kappa shape index (κ1) is 18.6. The van der Waals surface area contributed by atoms with E-state index in [4.69, 9.17) is 0 Å². The molecular weight excluding hydrogens is 298 g/mol. The molecule has 0 unspecified atom stereocenters. The highest BCUT2D eigenvalue weighted by Gasteiger charge is 2.07. The van der Waals surface area contributed by atoms with Gasteiger partial charge in [-0.2, -0.15) is 0 Å². The predicted molar refractivity (Wildman–Crippen MR) is 87.0 cm³/mol. The van der Waals surface area contributed by atoms with Gasteiger partial charge in [0.1, 0.15) is 6.54 Å². The Balaban J connectivity index is 2.39. The SMILES string of the molecule is CNCCCC(=O)Nc1ccc(CC(=O)NCC(=O)OC)cc1. The monoisotopic (exact) mass is 321 g/mol. The molecule has 1 rings (SSSR count). The maximum atomic E-state index is 11.7. The number of hydrogen-bond acceptors (Lipinski definition) is 5. The molecule has 2 amide bonds. The quantitative estimate of drug-likeness (QED) is 0.453. The van der Waals surface area contributed by atoms with Crippen LogP contribution in [-0.4, -0.2) is 45.0 Å². The minimum Gasteiger partial charge on any atom is -0.468 e. The van der Waals surface area contributed by atoms with Crippen LogP contribution >= 0.6 is 0 Å². The summed E-state index contributed by atoms with van der Waals surface area (Å²) >= 11 is 0. The van der Waals surface area contributed by atoms with Crippen LogP contribution in [0.15, 0.2) is 24.3 Å². The molecule has 3 N–H and O–H groups in total. The Kier molecular flexibility index (Phi) is 8.38. The van der Waals surface area contributed by atoms with E-state index < -0.39 is 5.97 Å². The molecule has 0 aromatic heterocycles. The van der Waals surface area contributed by atoms with Crippen molar-refractivity contribution in [2.24, 2.45) is 0 Å². The number of methoxy groups -OCH3 is 1. The first-order valence-electron chi connectivity index (χ1n) is 7.42. The van der Waals surface area contributed by atoms with Crippen molar-refractivity contribution in [3.8, 4) is 0 Å². The molecule has 0 fully saturated rings. The molecule has 0 bridgehead atoms. The highest BCUT2D eigenvalue weighted by molar-refractivity contribution is 5.90. The molecule has 0 saturated heterocycles. The lowest BCUT2D eigenvalue weighted by Crippen LogP contribution is -2.31. The van der Waals surface area contributed by atoms with Crippen molar-refractivity contribution in [3.63, 3.8) is 0 Å². The zero-order valence-corrected chi connectivity index (χ0v) is 13.5. The standard InChI is InChI=1S/C16H23N3O4/c1-17-9-3-4-14(20)19-13-7-5-12(6-8-13)10-15(21)18-11-16(22)23-2/h5-8,17H,3-4,9-11H2,1-2H3,(H,18,21)(H,19,20). The van der Waals surface area contributed by atoms with Gasteiger partial charge in [0, 0.05) is 12.1 Å². The van der Waals surface area contributed by atoms with E-state index in [1.165, 1.54) is 7.11 Å². The summed E-state index contributed by atoms with van der Waals surface area (Å²) in [6, 6.07) is 7.03. The smallest absolute Gasteiger partial charge is 0.325 e. The minimum absolute atomic E-state index is 0.0381. The van der Waals surface area contributed by atoms with Crippen molar-refractivity contribution in [2.75, 3.05) is 32.6 Å². The van der Waals surface area contributed by atoms with E-state index in [9.17, 15) is 14.4 Å². The van der Waals surface area contributed by atoms with Gasteiger partial charge in [0.25, 0.3) is 0 Å². The van der Waals surface area contributed by atoms with E-state index in [0.29, 0.717) is 12.1 Å². The van der Waals surface area contributed by atoms with Crippen LogP contribution in [-0.2, 0) is 25.5 Å². The van der Waals surface area contributed by atoms with Gasteiger partial charge in [-0.3, -0.25) is 14.4 Å². The van der Waals surface area contributed by atoms with Crippen LogP contribution in [0.1, 0.15) is 18.4 Å². The molecule has 0 atom stereocenters. The highest BCUT2D eigenvalue weighted by atomic mass is 16.5. The maximum Gasteiger partial charge on any atom is 0.325 e. The van der Waals surface area contributed by atoms with Crippen LogP contribution in [0, 0.1) is 0 Å². The number of hydrogen-bond donors (Lipinski definition) is 3. The Morgan fingerprint density at radius 3 is 2.39 bits per heavy atom. The van der Waals surface area contributed by atoms with E-state index in [1.807, 2.05) is 7.05 Å². The van der Waals surface area contributed by atoms with E-state index in [1.54, 1.807) is 24.3 Å². The molecule has 1 aromatic carbocycles. The van der Waals surface area contributed by atoms with Crippen molar-refractivity contribution in [1.29, 1.82) is 0 Å². The summed E-state index contributed by atoms with van der Waals surface area (Å²) in [7, 11) is 3.11. The molecule has 0 aliphatic heterocycles. The van der Waals surface area contributed by atoms with Gasteiger partial charge < -0.3 is 20.7 Å². The lowest BCUT2D eigenvalue weighted by Gasteiger charge is -2.07. The number of esters is 1. The third kappa shape index (κ3) is 7.96. The van der Waals surface area contributed by atoms with Crippen LogP contribution in [0.25, 0.3) is 0 Å². The van der Waals surface area contributed by atoms with Crippen LogP contribution in [0.4, 0.5) is 5.69 Å². The predicted octanol–water partition coefficient (Wildman–Crippen LogP) is 0.456. The van der Waals surface area contributed by atoms with Crippen molar-refractivity contribution in [3.05, 3.63) is 29.8 Å². The third-order valence-corrected chi connectivity index (χ3v) is 3.09. The summed E-state index contributed by atoms with van der Waals surface area (Å²) in [5, 5.41) is 8.26. The van der Waals surface area contributed by atoms with Gasteiger partial charge in [-0.1, -0.05) is 12.1 Å². The number of ether oxygens (including phenoxy) is 1. The number of anilines is 1. The summed E-state index contributed by atoms with van der Waals surface area (Å²) in [5.74, 6) is -0.794. The Bertz CT molecular complexity index is 529. The third-order valence-electron chi connectivity index (χ3n) is 3.09. The highest BCUT2D eigenvalue weighted by Crippen LogP contribution is 2.10. The fraction of sp³-hybridized carbons (Fsp3) is 0.438. The fourth-order valence-corrected chi connectivity index (χ4v) is 1.85. The van der Waals surface area contributed by atoms with Gasteiger partial charge in [-0.05, 0) is 37.7 Å². The van der Waals surface area contributed by atoms with Gasteiger partial charge in [0.05, 0.1) is 13.5 Å². The molecule has 7 nitrogen and oxygen atoms in total. The van der Waals surface area contributed by atoms with E-state index in [-0.39, 0.29) is 24.8 Å². The number of rotatable bonds is 9. The van der Waals surface area contributed by atoms with E-state index in [2.05, 4.69) is 20.7 Å². The summed E-state index contributed by atoms with van der Waals surface area (Å²) < 4.78 is 4.44. The second-order valence-electron chi connectivity index (χ2n) is 4.98. The Hall–Kier alpha value is -2.41. The zero-order chi connectivity index (χ0) is 17.1. The summed E-state index contributed by atoms with van der Waals surface area (Å²) in [6.45, 7) is 0.656. The number of nitrogens with one attached hydrogen (secondary N) is 3. The van der Waals surface area contributed by atoms with Crippen LogP contribution in [0.2, 0.25) is 0 Å². The Morgan fingerprint density at radius 1 is 1.09 bits per heavy atom. The van der Waals surface area contributed by atoms with Crippen LogP contribution < -0.4 is 16.0 Å². The second kappa shape index (κ2) is 10.3. The molecule has 0 spiro atoms. The van der Waals surface area contributed by atoms with Crippen molar-refractivity contribution in [2.45, 2.75) is 19.3 Å². The number of carbonyl (C=O) groups excluding carboxylic acids is 3. The first-order valence-corrected chi connectivity index (χ1v) is 7.42. The molecule has 0 heterocycles. The number of carbonyl (C=O) groups is 3. The normalized spacial score (nSPS) is 10.0. The van der Waals surface area contributed by atoms with Crippen molar-refractivity contribution >= 4 is 23.5 Å². The van der Waals surface area contributed by atoms with Crippen LogP contribution in [0.5, 0.6) is 0 Å². The minimum atomic E-state index is -0.491. The molecular formula is C16H23N3O4. The average Bonchev–Trinajstić information content (AvgIpc) is 2.54. The summed E-state index contributed by atoms with van der Waals surface area (Å²) in [4.78, 5) is 34.3. The average molecular weight is 321 g/mol. The molecule has 0 saturated carbocycles.